The second-order valence-electron chi connectivity index (χ2n) is 4.71. The summed E-state index contributed by atoms with van der Waals surface area (Å²) >= 11 is 0. The molecule has 2 aromatic carbocycles. The van der Waals surface area contributed by atoms with Crippen molar-refractivity contribution in [2.24, 2.45) is 5.73 Å². The molecule has 0 fully saturated rings. The van der Waals surface area contributed by atoms with Gasteiger partial charge in [0.15, 0.2) is 0 Å². The van der Waals surface area contributed by atoms with Gasteiger partial charge < -0.3 is 10.5 Å². The smallest absolute Gasteiger partial charge is 0.131 e. The second kappa shape index (κ2) is 5.85. The number of hydrogen-bond acceptors (Lipinski definition) is 2. The van der Waals surface area contributed by atoms with Gasteiger partial charge in [0.05, 0.1) is 6.10 Å². The maximum atomic E-state index is 13.9. The average molecular weight is 259 g/mol. The van der Waals surface area contributed by atoms with Crippen molar-refractivity contribution < 1.29 is 9.13 Å². The van der Waals surface area contributed by atoms with E-state index in [-0.39, 0.29) is 11.9 Å². The van der Waals surface area contributed by atoms with Crippen molar-refractivity contribution in [3.63, 3.8) is 0 Å². The van der Waals surface area contributed by atoms with E-state index in [0.717, 1.165) is 16.9 Å². The summed E-state index contributed by atoms with van der Waals surface area (Å²) in [5.41, 5.74) is 7.69. The molecule has 0 unspecified atom stereocenters. The predicted molar refractivity (Wildman–Crippen MR) is 75.5 cm³/mol. The molecule has 0 saturated heterocycles. The van der Waals surface area contributed by atoms with Gasteiger partial charge in [-0.2, -0.15) is 0 Å². The lowest BCUT2D eigenvalue weighted by molar-refractivity contribution is 0.242. The molecule has 2 N–H and O–H groups in total. The summed E-state index contributed by atoms with van der Waals surface area (Å²) in [5.74, 6) is 0.540. The van der Waals surface area contributed by atoms with Gasteiger partial charge in [0.1, 0.15) is 11.6 Å². The van der Waals surface area contributed by atoms with Crippen LogP contribution in [0.2, 0.25) is 0 Å². The number of benzene rings is 2. The molecule has 0 heterocycles. The minimum Gasteiger partial charge on any atom is -0.491 e. The van der Waals surface area contributed by atoms with Crippen LogP contribution >= 0.6 is 0 Å². The molecule has 2 nitrogen and oxygen atoms in total. The Morgan fingerprint density at radius 2 is 1.79 bits per heavy atom. The molecule has 0 spiro atoms. The molecule has 0 radical (unpaired) electrons. The van der Waals surface area contributed by atoms with Gasteiger partial charge in [0.2, 0.25) is 0 Å². The number of hydrogen-bond donors (Lipinski definition) is 1. The topological polar surface area (TPSA) is 35.2 Å². The highest BCUT2D eigenvalue weighted by Crippen LogP contribution is 2.26. The molecule has 2 aromatic rings. The summed E-state index contributed by atoms with van der Waals surface area (Å²) in [5, 5.41) is 0. The Labute approximate surface area is 113 Å². The van der Waals surface area contributed by atoms with Crippen LogP contribution in [-0.2, 0) is 6.54 Å². The van der Waals surface area contributed by atoms with E-state index in [1.54, 1.807) is 6.07 Å². The van der Waals surface area contributed by atoms with Gasteiger partial charge in [-0.05, 0) is 43.2 Å². The van der Waals surface area contributed by atoms with E-state index >= 15 is 0 Å². The van der Waals surface area contributed by atoms with E-state index < -0.39 is 0 Å². The molecule has 2 rings (SSSR count). The minimum absolute atomic E-state index is 0.131. The molecule has 0 atom stereocenters. The summed E-state index contributed by atoms with van der Waals surface area (Å²) in [7, 11) is 0. The van der Waals surface area contributed by atoms with Crippen molar-refractivity contribution in [2.45, 2.75) is 26.5 Å². The lowest BCUT2D eigenvalue weighted by Crippen LogP contribution is -2.05. The summed E-state index contributed by atoms with van der Waals surface area (Å²) in [6.45, 7) is 4.29. The molecule has 0 aliphatic carbocycles. The zero-order valence-electron chi connectivity index (χ0n) is 11.2. The molecule has 0 bridgehead atoms. The molecule has 19 heavy (non-hydrogen) atoms. The van der Waals surface area contributed by atoms with Crippen LogP contribution in [-0.4, -0.2) is 6.10 Å². The van der Waals surface area contributed by atoms with Crippen LogP contribution < -0.4 is 10.5 Å². The third-order valence-corrected chi connectivity index (χ3v) is 2.81. The maximum Gasteiger partial charge on any atom is 0.131 e. The largest absolute Gasteiger partial charge is 0.491 e. The Balaban J connectivity index is 2.27. The molecule has 0 saturated carbocycles. The zero-order chi connectivity index (χ0) is 13.8. The van der Waals surface area contributed by atoms with E-state index in [2.05, 4.69) is 0 Å². The van der Waals surface area contributed by atoms with Gasteiger partial charge in [-0.25, -0.2) is 4.39 Å². The van der Waals surface area contributed by atoms with Crippen LogP contribution in [0, 0.1) is 5.82 Å². The van der Waals surface area contributed by atoms with Gasteiger partial charge in [-0.3, -0.25) is 0 Å². The highest BCUT2D eigenvalue weighted by atomic mass is 19.1. The second-order valence-corrected chi connectivity index (χ2v) is 4.71. The first-order valence-electron chi connectivity index (χ1n) is 6.35. The van der Waals surface area contributed by atoms with Gasteiger partial charge >= 0.3 is 0 Å². The SMILES string of the molecule is CC(C)Oc1ccc(-c2ccc(CN)cc2F)cc1. The normalized spacial score (nSPS) is 10.8. The first-order chi connectivity index (χ1) is 9.10. The molecule has 0 aliphatic rings. The van der Waals surface area contributed by atoms with Crippen molar-refractivity contribution in [3.8, 4) is 16.9 Å². The highest BCUT2D eigenvalue weighted by molar-refractivity contribution is 5.65. The van der Waals surface area contributed by atoms with Crippen molar-refractivity contribution >= 4 is 0 Å². The highest BCUT2D eigenvalue weighted by Gasteiger charge is 2.06. The minimum atomic E-state index is -0.250. The lowest BCUT2D eigenvalue weighted by atomic mass is 10.0. The van der Waals surface area contributed by atoms with Crippen LogP contribution in [0.5, 0.6) is 5.75 Å². The van der Waals surface area contributed by atoms with E-state index in [0.29, 0.717) is 12.1 Å². The zero-order valence-corrected chi connectivity index (χ0v) is 11.2. The number of halogens is 1. The number of nitrogens with two attached hydrogens (primary N) is 1. The maximum absolute atomic E-state index is 13.9. The Morgan fingerprint density at radius 3 is 2.32 bits per heavy atom. The predicted octanol–water partition coefficient (Wildman–Crippen LogP) is 3.74. The van der Waals surface area contributed by atoms with Crippen LogP contribution in [0.1, 0.15) is 19.4 Å². The fourth-order valence-corrected chi connectivity index (χ4v) is 1.90. The van der Waals surface area contributed by atoms with E-state index in [9.17, 15) is 4.39 Å². The summed E-state index contributed by atoms with van der Waals surface area (Å²) in [6, 6.07) is 12.5. The van der Waals surface area contributed by atoms with Crippen molar-refractivity contribution in [2.75, 3.05) is 0 Å². The molecule has 0 amide bonds. The van der Waals surface area contributed by atoms with Gasteiger partial charge in [-0.1, -0.05) is 24.3 Å². The molecule has 3 heteroatoms. The lowest BCUT2D eigenvalue weighted by Gasteiger charge is -2.10. The van der Waals surface area contributed by atoms with Gasteiger partial charge in [0, 0.05) is 12.1 Å². The fourth-order valence-electron chi connectivity index (χ4n) is 1.90. The van der Waals surface area contributed by atoms with Crippen molar-refractivity contribution in [1.29, 1.82) is 0 Å². The van der Waals surface area contributed by atoms with Crippen molar-refractivity contribution in [3.05, 3.63) is 53.8 Å². The van der Waals surface area contributed by atoms with Gasteiger partial charge in [-0.15, -0.1) is 0 Å². The molecule has 100 valence electrons. The van der Waals surface area contributed by atoms with E-state index in [4.69, 9.17) is 10.5 Å². The standard InChI is InChI=1S/C16H18FNO/c1-11(2)19-14-6-4-13(5-7-14)15-8-3-12(10-18)9-16(15)17/h3-9,11H,10,18H2,1-2H3. The quantitative estimate of drug-likeness (QED) is 0.907. The van der Waals surface area contributed by atoms with Crippen LogP contribution in [0.3, 0.4) is 0 Å². The summed E-state index contributed by atoms with van der Waals surface area (Å²) < 4.78 is 19.5. The average Bonchev–Trinajstić information content (AvgIpc) is 2.39. The molecular weight excluding hydrogens is 241 g/mol. The Bertz CT molecular complexity index is 549. The van der Waals surface area contributed by atoms with E-state index in [1.165, 1.54) is 6.07 Å². The van der Waals surface area contributed by atoms with Crippen LogP contribution in [0.15, 0.2) is 42.5 Å². The van der Waals surface area contributed by atoms with Gasteiger partial charge in [0.25, 0.3) is 0 Å². The molecule has 0 aromatic heterocycles. The number of rotatable bonds is 4. The number of ether oxygens (including phenoxy) is 1. The fraction of sp³-hybridized carbons (Fsp3) is 0.250. The summed E-state index contributed by atoms with van der Waals surface area (Å²) in [6.07, 6.45) is 0.131. The summed E-state index contributed by atoms with van der Waals surface area (Å²) in [4.78, 5) is 0. The van der Waals surface area contributed by atoms with Crippen molar-refractivity contribution in [1.82, 2.24) is 0 Å². The van der Waals surface area contributed by atoms with E-state index in [1.807, 2.05) is 44.2 Å². The first-order valence-corrected chi connectivity index (χ1v) is 6.35. The first kappa shape index (κ1) is 13.6. The Kier molecular flexibility index (Phi) is 4.17. The Morgan fingerprint density at radius 1 is 1.11 bits per heavy atom. The molecule has 0 aliphatic heterocycles. The Hall–Kier alpha value is -1.87. The third kappa shape index (κ3) is 3.32. The monoisotopic (exact) mass is 259 g/mol. The van der Waals surface area contributed by atoms with Crippen LogP contribution in [0.4, 0.5) is 4.39 Å². The third-order valence-electron chi connectivity index (χ3n) is 2.81. The van der Waals surface area contributed by atoms with Crippen LogP contribution in [0.25, 0.3) is 11.1 Å². The molecular formula is C16H18FNO.